The first kappa shape index (κ1) is 18.5. The zero-order valence-electron chi connectivity index (χ0n) is 15.1. The second kappa shape index (κ2) is 8.40. The predicted octanol–water partition coefficient (Wildman–Crippen LogP) is 3.09. The van der Waals surface area contributed by atoms with E-state index in [1.807, 2.05) is 55.9 Å². The van der Waals surface area contributed by atoms with Gasteiger partial charge in [-0.3, -0.25) is 9.59 Å². The van der Waals surface area contributed by atoms with E-state index in [4.69, 9.17) is 0 Å². The van der Waals surface area contributed by atoms with Gasteiger partial charge in [-0.1, -0.05) is 32.0 Å². The number of para-hydroxylation sites is 1. The molecule has 1 aliphatic rings. The lowest BCUT2D eigenvalue weighted by Gasteiger charge is -2.21. The number of nitrogens with one attached hydrogen (secondary N) is 2. The third kappa shape index (κ3) is 4.46. The molecule has 0 atom stereocenters. The lowest BCUT2D eigenvalue weighted by molar-refractivity contribution is -0.118. The van der Waals surface area contributed by atoms with Gasteiger partial charge in [0, 0.05) is 18.0 Å². The van der Waals surface area contributed by atoms with Crippen LogP contribution in [0.5, 0.6) is 0 Å². The number of carbonyl (C=O) groups excluding carboxylic acids is 2. The molecule has 1 saturated heterocycles. The number of benzene rings is 1. The summed E-state index contributed by atoms with van der Waals surface area (Å²) in [6.07, 6.45) is 1.96. The summed E-state index contributed by atoms with van der Waals surface area (Å²) in [5.74, 6) is 2.17. The lowest BCUT2D eigenvalue weighted by atomic mass is 10.1. The van der Waals surface area contributed by atoms with Crippen LogP contribution in [0.2, 0.25) is 0 Å². The number of aromatic nitrogens is 2. The minimum atomic E-state index is -0.198. The average Bonchev–Trinajstić information content (AvgIpc) is 3.07. The molecule has 0 radical (unpaired) electrons. The molecule has 0 aliphatic carbocycles. The Morgan fingerprint density at radius 1 is 1.19 bits per heavy atom. The fourth-order valence-corrected chi connectivity index (χ4v) is 3.83. The van der Waals surface area contributed by atoms with Crippen molar-refractivity contribution in [2.45, 2.75) is 32.7 Å². The summed E-state index contributed by atoms with van der Waals surface area (Å²) in [5, 5.41) is 10.4. The summed E-state index contributed by atoms with van der Waals surface area (Å²) >= 11 is 1.92. The Balaban J connectivity index is 1.85. The molecule has 26 heavy (non-hydrogen) atoms. The van der Waals surface area contributed by atoms with Gasteiger partial charge in [-0.25, -0.2) is 4.68 Å². The second-order valence-corrected chi connectivity index (χ2v) is 7.89. The summed E-state index contributed by atoms with van der Waals surface area (Å²) < 4.78 is 1.60. The van der Waals surface area contributed by atoms with Crippen LogP contribution >= 0.6 is 11.8 Å². The third-order valence-electron chi connectivity index (χ3n) is 4.27. The van der Waals surface area contributed by atoms with Crippen LogP contribution in [0.1, 0.15) is 37.2 Å². The van der Waals surface area contributed by atoms with Crippen LogP contribution in [0.15, 0.2) is 36.4 Å². The maximum Gasteiger partial charge on any atom is 0.272 e. The maximum atomic E-state index is 12.6. The van der Waals surface area contributed by atoms with E-state index in [1.165, 1.54) is 0 Å². The molecule has 2 aromatic rings. The van der Waals surface area contributed by atoms with Crippen LogP contribution in [-0.2, 0) is 4.79 Å². The Morgan fingerprint density at radius 2 is 1.88 bits per heavy atom. The van der Waals surface area contributed by atoms with Crippen LogP contribution in [0.3, 0.4) is 0 Å². The molecule has 1 aliphatic heterocycles. The molecule has 7 heteroatoms. The molecule has 2 heterocycles. The van der Waals surface area contributed by atoms with E-state index in [1.54, 1.807) is 10.7 Å². The molecule has 0 bridgehead atoms. The SMILES string of the molecule is CC(C)C(=O)Nc1cc(C(=O)NC2CCSCC2)nn1-c1ccccc1. The predicted molar refractivity (Wildman–Crippen MR) is 105 cm³/mol. The number of carbonyl (C=O) groups is 2. The van der Waals surface area contributed by atoms with Gasteiger partial charge >= 0.3 is 0 Å². The fraction of sp³-hybridized carbons (Fsp3) is 0.421. The summed E-state index contributed by atoms with van der Waals surface area (Å²) in [4.78, 5) is 24.8. The van der Waals surface area contributed by atoms with Crippen LogP contribution in [0, 0.1) is 5.92 Å². The molecule has 2 amide bonds. The third-order valence-corrected chi connectivity index (χ3v) is 5.32. The molecule has 2 N–H and O–H groups in total. The van der Waals surface area contributed by atoms with Gasteiger partial charge in [-0.05, 0) is 36.5 Å². The summed E-state index contributed by atoms with van der Waals surface area (Å²) in [5.41, 5.74) is 1.10. The first-order chi connectivity index (χ1) is 12.5. The standard InChI is InChI=1S/C19H24N4O2S/c1-13(2)18(24)21-17-12-16(19(25)20-14-8-10-26-11-9-14)22-23(17)15-6-4-3-5-7-15/h3-7,12-14H,8-11H2,1-2H3,(H,20,25)(H,21,24). The van der Waals surface area contributed by atoms with E-state index < -0.39 is 0 Å². The number of anilines is 1. The van der Waals surface area contributed by atoms with E-state index >= 15 is 0 Å². The highest BCUT2D eigenvalue weighted by molar-refractivity contribution is 7.99. The molecule has 1 fully saturated rings. The van der Waals surface area contributed by atoms with Gasteiger partial charge in [0.05, 0.1) is 5.69 Å². The topological polar surface area (TPSA) is 76.0 Å². The lowest BCUT2D eigenvalue weighted by Crippen LogP contribution is -2.37. The van der Waals surface area contributed by atoms with Crippen molar-refractivity contribution in [3.8, 4) is 5.69 Å². The van der Waals surface area contributed by atoms with Crippen molar-refractivity contribution < 1.29 is 9.59 Å². The zero-order valence-corrected chi connectivity index (χ0v) is 15.9. The van der Waals surface area contributed by atoms with Gasteiger partial charge < -0.3 is 10.6 Å². The molecular weight excluding hydrogens is 348 g/mol. The minimum absolute atomic E-state index is 0.113. The normalized spacial score (nSPS) is 15.0. The van der Waals surface area contributed by atoms with E-state index in [0.29, 0.717) is 11.5 Å². The van der Waals surface area contributed by atoms with Crippen molar-refractivity contribution >= 4 is 29.4 Å². The van der Waals surface area contributed by atoms with Crippen molar-refractivity contribution in [1.82, 2.24) is 15.1 Å². The number of hydrogen-bond donors (Lipinski definition) is 2. The van der Waals surface area contributed by atoms with Gasteiger partial charge in [0.2, 0.25) is 5.91 Å². The number of hydrogen-bond acceptors (Lipinski definition) is 4. The Hall–Kier alpha value is -2.28. The van der Waals surface area contributed by atoms with Gasteiger partial charge in [0.15, 0.2) is 5.69 Å². The highest BCUT2D eigenvalue weighted by Crippen LogP contribution is 2.20. The number of rotatable bonds is 5. The van der Waals surface area contributed by atoms with Crippen LogP contribution < -0.4 is 10.6 Å². The zero-order chi connectivity index (χ0) is 18.5. The van der Waals surface area contributed by atoms with Crippen molar-refractivity contribution in [1.29, 1.82) is 0 Å². The molecule has 3 rings (SSSR count). The fourth-order valence-electron chi connectivity index (χ4n) is 2.72. The monoisotopic (exact) mass is 372 g/mol. The van der Waals surface area contributed by atoms with Gasteiger partial charge in [-0.2, -0.15) is 16.9 Å². The smallest absolute Gasteiger partial charge is 0.272 e. The van der Waals surface area contributed by atoms with E-state index in [-0.39, 0.29) is 23.8 Å². The van der Waals surface area contributed by atoms with Crippen molar-refractivity contribution in [2.24, 2.45) is 5.92 Å². The minimum Gasteiger partial charge on any atom is -0.348 e. The quantitative estimate of drug-likeness (QED) is 0.846. The number of nitrogens with zero attached hydrogens (tertiary/aromatic N) is 2. The van der Waals surface area contributed by atoms with Crippen LogP contribution in [0.4, 0.5) is 5.82 Å². The summed E-state index contributed by atoms with van der Waals surface area (Å²) in [6.45, 7) is 3.65. The van der Waals surface area contributed by atoms with Crippen molar-refractivity contribution in [3.63, 3.8) is 0 Å². The molecule has 0 spiro atoms. The Kier molecular flexibility index (Phi) is 5.98. The molecular formula is C19H24N4O2S. The molecule has 0 unspecified atom stereocenters. The Bertz CT molecular complexity index is 767. The van der Waals surface area contributed by atoms with Gasteiger partial charge in [0.25, 0.3) is 5.91 Å². The largest absolute Gasteiger partial charge is 0.348 e. The summed E-state index contributed by atoms with van der Waals surface area (Å²) in [6, 6.07) is 11.3. The van der Waals surface area contributed by atoms with Gasteiger partial charge in [-0.15, -0.1) is 0 Å². The molecule has 1 aromatic carbocycles. The van der Waals surface area contributed by atoms with Gasteiger partial charge in [0.1, 0.15) is 5.82 Å². The van der Waals surface area contributed by atoms with Crippen molar-refractivity contribution in [2.75, 3.05) is 16.8 Å². The molecule has 6 nitrogen and oxygen atoms in total. The average molecular weight is 372 g/mol. The van der Waals surface area contributed by atoms with Crippen LogP contribution in [-0.4, -0.2) is 39.1 Å². The molecule has 138 valence electrons. The first-order valence-corrected chi connectivity index (χ1v) is 10.0. The molecule has 1 aromatic heterocycles. The summed E-state index contributed by atoms with van der Waals surface area (Å²) in [7, 11) is 0. The number of thioether (sulfide) groups is 1. The Morgan fingerprint density at radius 3 is 2.54 bits per heavy atom. The highest BCUT2D eigenvalue weighted by atomic mass is 32.2. The van der Waals surface area contributed by atoms with E-state index in [0.717, 1.165) is 30.0 Å². The second-order valence-electron chi connectivity index (χ2n) is 6.67. The number of amides is 2. The molecule has 0 saturated carbocycles. The highest BCUT2D eigenvalue weighted by Gasteiger charge is 2.21. The first-order valence-electron chi connectivity index (χ1n) is 8.89. The van der Waals surface area contributed by atoms with Crippen molar-refractivity contribution in [3.05, 3.63) is 42.1 Å². The Labute approximate surface area is 157 Å². The van der Waals surface area contributed by atoms with Crippen LogP contribution in [0.25, 0.3) is 5.69 Å². The maximum absolute atomic E-state index is 12.6. The van der Waals surface area contributed by atoms with E-state index in [9.17, 15) is 9.59 Å². The van der Waals surface area contributed by atoms with E-state index in [2.05, 4.69) is 15.7 Å².